The lowest BCUT2D eigenvalue weighted by Crippen LogP contribution is -2.24. The largest absolute Gasteiger partial charge is 0.549 e. The number of ether oxygens (including phenoxy) is 1. The number of allylic oxidation sites excluding steroid dienone is 1. The zero-order valence-corrected chi connectivity index (χ0v) is 15.4. The van der Waals surface area contributed by atoms with Gasteiger partial charge in [-0.15, -0.1) is 16.8 Å². The van der Waals surface area contributed by atoms with Crippen LogP contribution in [-0.4, -0.2) is 26.5 Å². The molecule has 1 heterocycles. The molecule has 0 spiro atoms. The van der Waals surface area contributed by atoms with Crippen LogP contribution in [0.25, 0.3) is 11.4 Å². The summed E-state index contributed by atoms with van der Waals surface area (Å²) < 4.78 is 7.62. The SMILES string of the molecule is C=CCn1c(SCC(=O)[O-])nnc1-c1ccc(OCc2ccccc2)cc1. The van der Waals surface area contributed by atoms with E-state index in [2.05, 4.69) is 16.8 Å². The topological polar surface area (TPSA) is 80.1 Å². The molecule has 0 saturated carbocycles. The standard InChI is InChI=1S/C20H19N3O3S/c1-2-12-23-19(21-22-20(23)27-14-18(24)25)16-8-10-17(11-9-16)26-13-15-6-4-3-5-7-15/h2-11H,1,12-14H2,(H,24,25)/p-1. The van der Waals surface area contributed by atoms with Gasteiger partial charge < -0.3 is 14.6 Å². The second-order valence-corrected chi connectivity index (χ2v) is 6.61. The molecule has 1 aromatic heterocycles. The number of carboxylic acids is 1. The van der Waals surface area contributed by atoms with Crippen LogP contribution in [0, 0.1) is 0 Å². The van der Waals surface area contributed by atoms with Crippen LogP contribution in [0.3, 0.4) is 0 Å². The smallest absolute Gasteiger partial charge is 0.192 e. The molecule has 2 aromatic carbocycles. The summed E-state index contributed by atoms with van der Waals surface area (Å²) in [6.07, 6.45) is 1.72. The Morgan fingerprint density at radius 2 is 1.89 bits per heavy atom. The minimum Gasteiger partial charge on any atom is -0.549 e. The van der Waals surface area contributed by atoms with Crippen molar-refractivity contribution in [3.05, 3.63) is 72.8 Å². The van der Waals surface area contributed by atoms with Crippen molar-refractivity contribution in [2.45, 2.75) is 18.3 Å². The van der Waals surface area contributed by atoms with Crippen LogP contribution in [0.5, 0.6) is 5.75 Å². The number of benzene rings is 2. The Bertz CT molecular complexity index is 908. The number of thioether (sulfide) groups is 1. The molecular weight excluding hydrogens is 362 g/mol. The number of carboxylic acid groups (broad SMARTS) is 1. The van der Waals surface area contributed by atoms with Crippen LogP contribution in [0.2, 0.25) is 0 Å². The third-order valence-corrected chi connectivity index (χ3v) is 4.65. The molecule has 0 aliphatic carbocycles. The van der Waals surface area contributed by atoms with Crippen LogP contribution in [-0.2, 0) is 17.9 Å². The Morgan fingerprint density at radius 1 is 1.15 bits per heavy atom. The van der Waals surface area contributed by atoms with Crippen LogP contribution in [0.4, 0.5) is 0 Å². The van der Waals surface area contributed by atoms with E-state index in [1.807, 2.05) is 59.2 Å². The maximum absolute atomic E-state index is 10.7. The van der Waals surface area contributed by atoms with Gasteiger partial charge >= 0.3 is 0 Å². The van der Waals surface area contributed by atoms with Gasteiger partial charge in [0.1, 0.15) is 12.4 Å². The molecule has 0 amide bonds. The van der Waals surface area contributed by atoms with Crippen LogP contribution < -0.4 is 9.84 Å². The normalized spacial score (nSPS) is 10.5. The van der Waals surface area contributed by atoms with Crippen molar-refractivity contribution in [1.29, 1.82) is 0 Å². The molecule has 6 nitrogen and oxygen atoms in total. The molecular formula is C20H18N3O3S-. The fourth-order valence-electron chi connectivity index (χ4n) is 2.47. The second kappa shape index (κ2) is 9.05. The third-order valence-electron chi connectivity index (χ3n) is 3.71. The van der Waals surface area contributed by atoms with E-state index in [9.17, 15) is 9.90 Å². The number of hydrogen-bond acceptors (Lipinski definition) is 6. The average Bonchev–Trinajstić information content (AvgIpc) is 3.09. The maximum atomic E-state index is 10.7. The lowest BCUT2D eigenvalue weighted by molar-refractivity contribution is -0.301. The van der Waals surface area contributed by atoms with E-state index in [1.54, 1.807) is 6.08 Å². The number of hydrogen-bond donors (Lipinski definition) is 0. The summed E-state index contributed by atoms with van der Waals surface area (Å²) in [6, 6.07) is 17.5. The number of rotatable bonds is 9. The minimum atomic E-state index is -1.14. The lowest BCUT2D eigenvalue weighted by atomic mass is 10.2. The van der Waals surface area contributed by atoms with Crippen LogP contribution in [0.1, 0.15) is 5.56 Å². The zero-order chi connectivity index (χ0) is 19.1. The fraction of sp³-hybridized carbons (Fsp3) is 0.150. The van der Waals surface area contributed by atoms with Gasteiger partial charge in [-0.25, -0.2) is 0 Å². The van der Waals surface area contributed by atoms with Gasteiger partial charge in [0.15, 0.2) is 11.0 Å². The fourth-order valence-corrected chi connectivity index (χ4v) is 3.13. The van der Waals surface area contributed by atoms with Crippen molar-refractivity contribution in [2.75, 3.05) is 5.75 Å². The van der Waals surface area contributed by atoms with Gasteiger partial charge in [0.2, 0.25) is 0 Å². The summed E-state index contributed by atoms with van der Waals surface area (Å²) in [4.78, 5) is 10.7. The maximum Gasteiger partial charge on any atom is 0.192 e. The van der Waals surface area contributed by atoms with E-state index >= 15 is 0 Å². The highest BCUT2D eigenvalue weighted by Gasteiger charge is 2.13. The molecule has 0 N–H and O–H groups in total. The van der Waals surface area contributed by atoms with Gasteiger partial charge in [-0.2, -0.15) is 0 Å². The average molecular weight is 380 g/mol. The number of aliphatic carboxylic acids is 1. The second-order valence-electron chi connectivity index (χ2n) is 5.66. The van der Waals surface area contributed by atoms with Crippen molar-refractivity contribution in [3.63, 3.8) is 0 Å². The van der Waals surface area contributed by atoms with Crippen molar-refractivity contribution < 1.29 is 14.6 Å². The predicted molar refractivity (Wildman–Crippen MR) is 102 cm³/mol. The molecule has 3 aromatic rings. The van der Waals surface area contributed by atoms with E-state index in [1.165, 1.54) is 0 Å². The molecule has 0 aliphatic heterocycles. The molecule has 27 heavy (non-hydrogen) atoms. The van der Waals surface area contributed by atoms with Crippen molar-refractivity contribution in [2.24, 2.45) is 0 Å². The molecule has 0 aliphatic rings. The summed E-state index contributed by atoms with van der Waals surface area (Å²) >= 11 is 1.07. The zero-order valence-electron chi connectivity index (χ0n) is 14.6. The summed E-state index contributed by atoms with van der Waals surface area (Å²) in [6.45, 7) is 4.71. The first-order valence-corrected chi connectivity index (χ1v) is 9.30. The number of carbonyl (C=O) groups is 1. The van der Waals surface area contributed by atoms with Crippen molar-refractivity contribution in [3.8, 4) is 17.1 Å². The lowest BCUT2D eigenvalue weighted by Gasteiger charge is -2.09. The predicted octanol–water partition coefficient (Wildman–Crippen LogP) is 2.55. The molecule has 0 atom stereocenters. The molecule has 0 saturated heterocycles. The first-order chi connectivity index (χ1) is 13.2. The molecule has 7 heteroatoms. The summed E-state index contributed by atoms with van der Waals surface area (Å²) in [7, 11) is 0. The highest BCUT2D eigenvalue weighted by molar-refractivity contribution is 7.99. The molecule has 138 valence electrons. The summed E-state index contributed by atoms with van der Waals surface area (Å²) in [5, 5.41) is 19.5. The minimum absolute atomic E-state index is 0.179. The third kappa shape index (κ3) is 4.98. The van der Waals surface area contributed by atoms with Gasteiger partial charge in [0, 0.05) is 17.9 Å². The van der Waals surface area contributed by atoms with E-state index in [4.69, 9.17) is 4.74 Å². The van der Waals surface area contributed by atoms with Gasteiger partial charge in [0.25, 0.3) is 0 Å². The van der Waals surface area contributed by atoms with Gasteiger partial charge in [-0.3, -0.25) is 4.57 Å². The summed E-state index contributed by atoms with van der Waals surface area (Å²) in [5.41, 5.74) is 1.96. The monoisotopic (exact) mass is 380 g/mol. The Morgan fingerprint density at radius 3 is 2.56 bits per heavy atom. The van der Waals surface area contributed by atoms with Gasteiger partial charge in [-0.05, 0) is 29.8 Å². The highest BCUT2D eigenvalue weighted by atomic mass is 32.2. The Kier molecular flexibility index (Phi) is 6.27. The van der Waals surface area contributed by atoms with Crippen molar-refractivity contribution in [1.82, 2.24) is 14.8 Å². The number of aromatic nitrogens is 3. The number of nitrogens with zero attached hydrogens (tertiary/aromatic N) is 3. The van der Waals surface area contributed by atoms with Crippen LogP contribution in [0.15, 0.2) is 72.4 Å². The van der Waals surface area contributed by atoms with E-state index in [0.717, 1.165) is 28.6 Å². The Hall–Kier alpha value is -3.06. The van der Waals surface area contributed by atoms with E-state index in [0.29, 0.717) is 24.1 Å². The first kappa shape index (κ1) is 18.7. The molecule has 0 radical (unpaired) electrons. The first-order valence-electron chi connectivity index (χ1n) is 8.31. The molecule has 0 unspecified atom stereocenters. The molecule has 0 fully saturated rings. The van der Waals surface area contributed by atoms with Gasteiger partial charge in [0.05, 0.1) is 5.97 Å². The quantitative estimate of drug-likeness (QED) is 0.419. The highest BCUT2D eigenvalue weighted by Crippen LogP contribution is 2.26. The van der Waals surface area contributed by atoms with Crippen LogP contribution >= 0.6 is 11.8 Å². The van der Waals surface area contributed by atoms with E-state index in [-0.39, 0.29) is 5.75 Å². The Labute approximate surface area is 161 Å². The molecule has 3 rings (SSSR count). The molecule has 0 bridgehead atoms. The Balaban J connectivity index is 1.74. The summed E-state index contributed by atoms with van der Waals surface area (Å²) in [5.74, 6) is 0.0746. The van der Waals surface area contributed by atoms with E-state index < -0.39 is 5.97 Å². The number of carbonyl (C=O) groups excluding carboxylic acids is 1. The van der Waals surface area contributed by atoms with Crippen molar-refractivity contribution >= 4 is 17.7 Å². The van der Waals surface area contributed by atoms with Gasteiger partial charge in [-0.1, -0.05) is 48.2 Å².